The number of amides is 1. The Bertz CT molecular complexity index is 1100. The third-order valence-corrected chi connectivity index (χ3v) is 6.06. The summed E-state index contributed by atoms with van der Waals surface area (Å²) in [5.41, 5.74) is 1.66. The van der Waals surface area contributed by atoms with Crippen molar-refractivity contribution in [1.29, 1.82) is 0 Å². The average Bonchev–Trinajstić information content (AvgIpc) is 2.78. The van der Waals surface area contributed by atoms with Crippen LogP contribution in [-0.2, 0) is 10.0 Å². The fraction of sp³-hybridized carbons (Fsp3) is 0.174. The van der Waals surface area contributed by atoms with E-state index in [-0.39, 0.29) is 16.8 Å². The summed E-state index contributed by atoms with van der Waals surface area (Å²) in [6.45, 7) is 1.99. The van der Waals surface area contributed by atoms with Gasteiger partial charge in [-0.1, -0.05) is 43.3 Å². The van der Waals surface area contributed by atoms with Gasteiger partial charge >= 0.3 is 0 Å². The molecule has 0 aliphatic carbocycles. The zero-order chi connectivity index (χ0) is 21.6. The van der Waals surface area contributed by atoms with Crippen LogP contribution in [0.25, 0.3) is 0 Å². The molecular formula is C23H24N2O4S. The topological polar surface area (TPSA) is 84.5 Å². The van der Waals surface area contributed by atoms with E-state index in [1.165, 1.54) is 18.2 Å². The molecule has 0 radical (unpaired) electrons. The highest BCUT2D eigenvalue weighted by molar-refractivity contribution is 7.92. The Labute approximate surface area is 177 Å². The van der Waals surface area contributed by atoms with Crippen LogP contribution in [-0.4, -0.2) is 21.4 Å². The molecule has 156 valence electrons. The highest BCUT2D eigenvalue weighted by atomic mass is 32.2. The van der Waals surface area contributed by atoms with Crippen LogP contribution in [0, 0.1) is 0 Å². The maximum atomic E-state index is 12.8. The van der Waals surface area contributed by atoms with Gasteiger partial charge in [0.1, 0.15) is 5.75 Å². The molecule has 0 unspecified atom stereocenters. The number of benzene rings is 3. The molecule has 0 heterocycles. The number of rotatable bonds is 8. The van der Waals surface area contributed by atoms with E-state index in [0.717, 1.165) is 11.3 Å². The number of anilines is 1. The third-order valence-electron chi connectivity index (χ3n) is 4.66. The lowest BCUT2D eigenvalue weighted by Crippen LogP contribution is -2.28. The summed E-state index contributed by atoms with van der Waals surface area (Å²) in [6, 6.07) is 21.9. The summed E-state index contributed by atoms with van der Waals surface area (Å²) in [6.07, 6.45) is 0.707. The van der Waals surface area contributed by atoms with Crippen LogP contribution in [0.1, 0.15) is 35.3 Å². The molecule has 0 bridgehead atoms. The number of nitrogens with one attached hydrogen (secondary N) is 2. The fourth-order valence-corrected chi connectivity index (χ4v) is 4.11. The van der Waals surface area contributed by atoms with E-state index in [1.807, 2.05) is 31.2 Å². The number of hydrogen-bond acceptors (Lipinski definition) is 4. The van der Waals surface area contributed by atoms with Gasteiger partial charge in [0.25, 0.3) is 15.9 Å². The van der Waals surface area contributed by atoms with E-state index in [2.05, 4.69) is 10.0 Å². The molecule has 3 rings (SSSR count). The first-order chi connectivity index (χ1) is 14.4. The number of ether oxygens (including phenoxy) is 1. The quantitative estimate of drug-likeness (QED) is 0.562. The molecule has 0 saturated heterocycles. The van der Waals surface area contributed by atoms with Crippen LogP contribution in [0.15, 0.2) is 83.8 Å². The Kier molecular flexibility index (Phi) is 6.74. The van der Waals surface area contributed by atoms with Crippen LogP contribution < -0.4 is 14.8 Å². The van der Waals surface area contributed by atoms with Crippen molar-refractivity contribution in [3.63, 3.8) is 0 Å². The maximum Gasteiger partial charge on any atom is 0.261 e. The third kappa shape index (κ3) is 5.18. The van der Waals surface area contributed by atoms with Gasteiger partial charge < -0.3 is 10.1 Å². The van der Waals surface area contributed by atoms with Gasteiger partial charge in [-0.2, -0.15) is 0 Å². The first-order valence-electron chi connectivity index (χ1n) is 9.55. The van der Waals surface area contributed by atoms with Crippen LogP contribution in [0.2, 0.25) is 0 Å². The van der Waals surface area contributed by atoms with E-state index in [4.69, 9.17) is 4.74 Å². The van der Waals surface area contributed by atoms with E-state index in [9.17, 15) is 13.2 Å². The summed E-state index contributed by atoms with van der Waals surface area (Å²) < 4.78 is 32.7. The van der Waals surface area contributed by atoms with Crippen molar-refractivity contribution in [3.8, 4) is 5.75 Å². The number of hydrogen-bond donors (Lipinski definition) is 2. The lowest BCUT2D eigenvalue weighted by atomic mass is 10.0. The van der Waals surface area contributed by atoms with E-state index >= 15 is 0 Å². The van der Waals surface area contributed by atoms with Crippen LogP contribution in [0.5, 0.6) is 5.75 Å². The van der Waals surface area contributed by atoms with Crippen molar-refractivity contribution in [2.24, 2.45) is 0 Å². The van der Waals surface area contributed by atoms with Gasteiger partial charge in [-0.3, -0.25) is 9.52 Å². The van der Waals surface area contributed by atoms with Gasteiger partial charge in [0.15, 0.2) is 0 Å². The van der Waals surface area contributed by atoms with Gasteiger partial charge in [0, 0.05) is 11.3 Å². The van der Waals surface area contributed by atoms with Gasteiger partial charge in [-0.15, -0.1) is 0 Å². The summed E-state index contributed by atoms with van der Waals surface area (Å²) in [5.74, 6) is 0.469. The number of methoxy groups -OCH3 is 1. The van der Waals surface area contributed by atoms with Crippen LogP contribution in [0.3, 0.4) is 0 Å². The molecule has 0 aliphatic rings. The van der Waals surface area contributed by atoms with Crippen LogP contribution >= 0.6 is 0 Å². The lowest BCUT2D eigenvalue weighted by Gasteiger charge is -2.18. The van der Waals surface area contributed by atoms with Gasteiger partial charge in [0.05, 0.1) is 18.0 Å². The Morgan fingerprint density at radius 2 is 1.67 bits per heavy atom. The Morgan fingerprint density at radius 1 is 0.967 bits per heavy atom. The Balaban J connectivity index is 1.75. The molecule has 0 fully saturated rings. The number of carbonyl (C=O) groups excluding carboxylic acids is 1. The smallest absolute Gasteiger partial charge is 0.261 e. The van der Waals surface area contributed by atoms with Crippen LogP contribution in [0.4, 0.5) is 5.69 Å². The molecule has 3 aromatic carbocycles. The Hall–Kier alpha value is -3.32. The standard InChI is InChI=1S/C23H24N2O4S/c1-3-22(17-12-14-20(29-2)15-13-17)24-23(26)18-8-7-9-19(16-18)25-30(27,28)21-10-5-4-6-11-21/h4-16,22,25H,3H2,1-2H3,(H,24,26)/t22-/m1/s1. The highest BCUT2D eigenvalue weighted by Crippen LogP contribution is 2.22. The van der Waals surface area contributed by atoms with Crippen molar-refractivity contribution in [2.45, 2.75) is 24.3 Å². The first-order valence-corrected chi connectivity index (χ1v) is 11.0. The monoisotopic (exact) mass is 424 g/mol. The summed E-state index contributed by atoms with van der Waals surface area (Å²) >= 11 is 0. The predicted molar refractivity (Wildman–Crippen MR) is 117 cm³/mol. The van der Waals surface area contributed by atoms with Crippen molar-refractivity contribution in [1.82, 2.24) is 5.32 Å². The number of sulfonamides is 1. The second-order valence-electron chi connectivity index (χ2n) is 6.71. The van der Waals surface area contributed by atoms with Crippen molar-refractivity contribution in [3.05, 3.63) is 90.0 Å². The average molecular weight is 425 g/mol. The summed E-state index contributed by atoms with van der Waals surface area (Å²) in [7, 11) is -2.12. The fourth-order valence-electron chi connectivity index (χ4n) is 3.04. The lowest BCUT2D eigenvalue weighted by molar-refractivity contribution is 0.0935. The minimum absolute atomic E-state index is 0.158. The molecular weight excluding hydrogens is 400 g/mol. The molecule has 0 saturated carbocycles. The Morgan fingerprint density at radius 3 is 2.30 bits per heavy atom. The second kappa shape index (κ2) is 9.45. The highest BCUT2D eigenvalue weighted by Gasteiger charge is 2.17. The van der Waals surface area contributed by atoms with Gasteiger partial charge in [-0.05, 0) is 54.4 Å². The molecule has 30 heavy (non-hydrogen) atoms. The summed E-state index contributed by atoms with van der Waals surface area (Å²) in [4.78, 5) is 12.9. The largest absolute Gasteiger partial charge is 0.497 e. The minimum Gasteiger partial charge on any atom is -0.497 e. The molecule has 0 spiro atoms. The van der Waals surface area contributed by atoms with Crippen molar-refractivity contribution in [2.75, 3.05) is 11.8 Å². The summed E-state index contributed by atoms with van der Waals surface area (Å²) in [5, 5.41) is 3.00. The molecule has 0 aliphatic heterocycles. The molecule has 1 atom stereocenters. The molecule has 7 heteroatoms. The molecule has 3 aromatic rings. The minimum atomic E-state index is -3.73. The first kappa shape index (κ1) is 21.4. The second-order valence-corrected chi connectivity index (χ2v) is 8.39. The van der Waals surface area contributed by atoms with E-state index in [0.29, 0.717) is 17.7 Å². The van der Waals surface area contributed by atoms with Crippen molar-refractivity contribution >= 4 is 21.6 Å². The molecule has 0 aromatic heterocycles. The molecule has 6 nitrogen and oxygen atoms in total. The molecule has 1 amide bonds. The SMILES string of the molecule is CC[C@@H](NC(=O)c1cccc(NS(=O)(=O)c2ccccc2)c1)c1ccc(OC)cc1. The van der Waals surface area contributed by atoms with Gasteiger partial charge in [0.2, 0.25) is 0 Å². The van der Waals surface area contributed by atoms with Crippen molar-refractivity contribution < 1.29 is 17.9 Å². The maximum absolute atomic E-state index is 12.8. The zero-order valence-corrected chi connectivity index (χ0v) is 17.6. The molecule has 2 N–H and O–H groups in total. The number of carbonyl (C=O) groups is 1. The normalized spacial score (nSPS) is 12.1. The van der Waals surface area contributed by atoms with Gasteiger partial charge in [-0.25, -0.2) is 8.42 Å². The van der Waals surface area contributed by atoms with E-state index in [1.54, 1.807) is 43.5 Å². The predicted octanol–water partition coefficient (Wildman–Crippen LogP) is 4.38. The van der Waals surface area contributed by atoms with E-state index < -0.39 is 10.0 Å². The zero-order valence-electron chi connectivity index (χ0n) is 16.8.